The van der Waals surface area contributed by atoms with E-state index < -0.39 is 0 Å². The minimum absolute atomic E-state index is 0.410. The topological polar surface area (TPSA) is 29.3 Å². The van der Waals surface area contributed by atoms with Gasteiger partial charge in [-0.05, 0) is 32.2 Å². The molecule has 0 amide bonds. The van der Waals surface area contributed by atoms with Crippen molar-refractivity contribution >= 4 is 23.2 Å². The summed E-state index contributed by atoms with van der Waals surface area (Å²) in [5.41, 5.74) is 0.951. The Hall–Kier alpha value is -1.03. The molecule has 96 valence electrons. The second kappa shape index (κ2) is 5.74. The monoisotopic (exact) mass is 284 g/mol. The minimum Gasteiger partial charge on any atom is -0.465 e. The summed E-state index contributed by atoms with van der Waals surface area (Å²) in [4.78, 5) is 6.14. The predicted octanol–water partition coefficient (Wildman–Crippen LogP) is 3.92. The molecule has 0 spiro atoms. The van der Waals surface area contributed by atoms with Gasteiger partial charge in [-0.2, -0.15) is 0 Å². The zero-order valence-corrected chi connectivity index (χ0v) is 11.8. The lowest BCUT2D eigenvalue weighted by atomic mass is 10.2. The molecule has 5 heteroatoms. The fraction of sp³-hybridized carbons (Fsp3) is 0.308. The molecular weight excluding hydrogens is 271 g/mol. The lowest BCUT2D eigenvalue weighted by Gasteiger charge is -2.15. The van der Waals surface area contributed by atoms with Crippen LogP contribution in [0.3, 0.4) is 0 Å². The van der Waals surface area contributed by atoms with Crippen LogP contribution in [0.25, 0.3) is 0 Å². The average Bonchev–Trinajstić information content (AvgIpc) is 2.68. The highest BCUT2D eigenvalue weighted by atomic mass is 35.5. The van der Waals surface area contributed by atoms with Gasteiger partial charge in [-0.1, -0.05) is 23.2 Å². The highest BCUT2D eigenvalue weighted by Gasteiger charge is 2.08. The molecule has 0 saturated heterocycles. The Bertz CT molecular complexity index is 540. The van der Waals surface area contributed by atoms with Crippen molar-refractivity contribution in [1.29, 1.82) is 0 Å². The molecule has 0 aliphatic heterocycles. The van der Waals surface area contributed by atoms with Crippen LogP contribution >= 0.6 is 23.2 Å². The van der Waals surface area contributed by atoms with Gasteiger partial charge in [0.2, 0.25) is 0 Å². The molecule has 2 rings (SSSR count). The molecule has 0 fully saturated rings. The summed E-state index contributed by atoms with van der Waals surface area (Å²) in [6.45, 7) is 3.36. The molecule has 2 aromatic heterocycles. The van der Waals surface area contributed by atoms with Crippen molar-refractivity contribution in [2.75, 3.05) is 7.05 Å². The summed E-state index contributed by atoms with van der Waals surface area (Å²) >= 11 is 11.9. The van der Waals surface area contributed by atoms with Gasteiger partial charge in [0, 0.05) is 23.3 Å². The summed E-state index contributed by atoms with van der Waals surface area (Å²) in [7, 11) is 2.00. The van der Waals surface area contributed by atoms with Crippen molar-refractivity contribution in [2.45, 2.75) is 20.0 Å². The van der Waals surface area contributed by atoms with Gasteiger partial charge in [-0.3, -0.25) is 4.90 Å². The van der Waals surface area contributed by atoms with Gasteiger partial charge in [0.25, 0.3) is 0 Å². The van der Waals surface area contributed by atoms with Gasteiger partial charge in [-0.25, -0.2) is 4.98 Å². The van der Waals surface area contributed by atoms with Crippen LogP contribution in [0.4, 0.5) is 0 Å². The number of rotatable bonds is 4. The molecular formula is C13H14Cl2N2O. The summed E-state index contributed by atoms with van der Waals surface area (Å²) in [6, 6.07) is 5.59. The molecule has 0 N–H and O–H groups in total. The standard InChI is InChI=1S/C13H14Cl2N2O/c1-9-3-4-11(18-9)8-17(2)7-10-6-16-13(15)5-12(10)14/h3-6H,7-8H2,1-2H3. The van der Waals surface area contributed by atoms with E-state index in [1.807, 2.05) is 26.1 Å². The number of halogens is 2. The number of aryl methyl sites for hydroxylation is 1. The van der Waals surface area contributed by atoms with E-state index in [4.69, 9.17) is 27.6 Å². The maximum Gasteiger partial charge on any atom is 0.130 e. The van der Waals surface area contributed by atoms with Crippen LogP contribution in [-0.2, 0) is 13.1 Å². The Morgan fingerprint density at radius 3 is 2.67 bits per heavy atom. The van der Waals surface area contributed by atoms with Gasteiger partial charge in [0.1, 0.15) is 16.7 Å². The van der Waals surface area contributed by atoms with Crippen LogP contribution in [0, 0.1) is 6.92 Å². The molecule has 0 atom stereocenters. The zero-order valence-electron chi connectivity index (χ0n) is 10.3. The molecule has 18 heavy (non-hydrogen) atoms. The number of nitrogens with zero attached hydrogens (tertiary/aromatic N) is 2. The Kier molecular flexibility index (Phi) is 4.27. The van der Waals surface area contributed by atoms with E-state index in [1.54, 1.807) is 12.3 Å². The van der Waals surface area contributed by atoms with Crippen LogP contribution in [0.1, 0.15) is 17.1 Å². The number of furan rings is 1. The lowest BCUT2D eigenvalue weighted by Crippen LogP contribution is -2.17. The summed E-state index contributed by atoms with van der Waals surface area (Å²) < 4.78 is 5.53. The van der Waals surface area contributed by atoms with Gasteiger partial charge in [0.15, 0.2) is 0 Å². The highest BCUT2D eigenvalue weighted by molar-refractivity contribution is 6.34. The van der Waals surface area contributed by atoms with Crippen LogP contribution in [0.15, 0.2) is 28.8 Å². The molecule has 2 aromatic rings. The molecule has 0 radical (unpaired) electrons. The molecule has 0 bridgehead atoms. The number of hydrogen-bond acceptors (Lipinski definition) is 3. The predicted molar refractivity (Wildman–Crippen MR) is 72.9 cm³/mol. The molecule has 0 aromatic carbocycles. The van der Waals surface area contributed by atoms with Crippen LogP contribution < -0.4 is 0 Å². The second-order valence-corrected chi connectivity index (χ2v) is 5.08. The van der Waals surface area contributed by atoms with Crippen molar-refractivity contribution in [3.05, 3.63) is 51.7 Å². The maximum atomic E-state index is 6.11. The Balaban J connectivity index is 2.00. The first-order valence-electron chi connectivity index (χ1n) is 5.58. The highest BCUT2D eigenvalue weighted by Crippen LogP contribution is 2.20. The largest absolute Gasteiger partial charge is 0.465 e. The van der Waals surface area contributed by atoms with E-state index in [2.05, 4.69) is 9.88 Å². The van der Waals surface area contributed by atoms with E-state index >= 15 is 0 Å². The van der Waals surface area contributed by atoms with Crippen molar-refractivity contribution in [2.24, 2.45) is 0 Å². The third kappa shape index (κ3) is 3.48. The smallest absolute Gasteiger partial charge is 0.130 e. The first-order valence-corrected chi connectivity index (χ1v) is 6.34. The Labute approximate surface area is 116 Å². The van der Waals surface area contributed by atoms with Crippen molar-refractivity contribution in [3.63, 3.8) is 0 Å². The summed E-state index contributed by atoms with van der Waals surface area (Å²) in [5.74, 6) is 1.86. The normalized spacial score (nSPS) is 11.2. The minimum atomic E-state index is 0.410. The van der Waals surface area contributed by atoms with Crippen molar-refractivity contribution < 1.29 is 4.42 Å². The Morgan fingerprint density at radius 1 is 1.28 bits per heavy atom. The van der Waals surface area contributed by atoms with Crippen LogP contribution in [0.2, 0.25) is 10.2 Å². The number of pyridine rings is 1. The van der Waals surface area contributed by atoms with Crippen LogP contribution in [-0.4, -0.2) is 16.9 Å². The number of hydrogen-bond donors (Lipinski definition) is 0. The van der Waals surface area contributed by atoms with E-state index in [0.29, 0.717) is 16.7 Å². The van der Waals surface area contributed by atoms with E-state index in [0.717, 1.165) is 23.6 Å². The second-order valence-electron chi connectivity index (χ2n) is 4.28. The molecule has 0 saturated carbocycles. The third-order valence-corrected chi connectivity index (χ3v) is 3.12. The van der Waals surface area contributed by atoms with E-state index in [9.17, 15) is 0 Å². The van der Waals surface area contributed by atoms with Crippen molar-refractivity contribution in [1.82, 2.24) is 9.88 Å². The fourth-order valence-corrected chi connectivity index (χ4v) is 2.16. The van der Waals surface area contributed by atoms with E-state index in [1.165, 1.54) is 0 Å². The number of aromatic nitrogens is 1. The van der Waals surface area contributed by atoms with Gasteiger partial charge in [0.05, 0.1) is 6.54 Å². The maximum absolute atomic E-state index is 6.11. The third-order valence-electron chi connectivity index (χ3n) is 2.56. The fourth-order valence-electron chi connectivity index (χ4n) is 1.73. The molecule has 0 unspecified atom stereocenters. The van der Waals surface area contributed by atoms with Gasteiger partial charge >= 0.3 is 0 Å². The SMILES string of the molecule is Cc1ccc(CN(C)Cc2cnc(Cl)cc2Cl)o1. The first kappa shape index (κ1) is 13.4. The van der Waals surface area contributed by atoms with Crippen LogP contribution in [0.5, 0.6) is 0 Å². The van der Waals surface area contributed by atoms with Gasteiger partial charge < -0.3 is 4.42 Å². The van der Waals surface area contributed by atoms with Gasteiger partial charge in [-0.15, -0.1) is 0 Å². The van der Waals surface area contributed by atoms with E-state index in [-0.39, 0.29) is 0 Å². The molecule has 2 heterocycles. The lowest BCUT2D eigenvalue weighted by molar-refractivity contribution is 0.285. The Morgan fingerprint density at radius 2 is 2.06 bits per heavy atom. The van der Waals surface area contributed by atoms with Crippen molar-refractivity contribution in [3.8, 4) is 0 Å². The first-order chi connectivity index (χ1) is 8.54. The molecule has 0 aliphatic rings. The average molecular weight is 285 g/mol. The summed E-state index contributed by atoms with van der Waals surface area (Å²) in [6.07, 6.45) is 1.70. The quantitative estimate of drug-likeness (QED) is 0.797. The zero-order chi connectivity index (χ0) is 13.1. The molecule has 0 aliphatic carbocycles. The molecule has 3 nitrogen and oxygen atoms in total. The summed E-state index contributed by atoms with van der Waals surface area (Å²) in [5, 5.41) is 1.05.